The molecule has 1 aliphatic carbocycles. The van der Waals surface area contributed by atoms with Gasteiger partial charge in [0.05, 0.1) is 18.0 Å². The second kappa shape index (κ2) is 9.55. The molecule has 6 heteroatoms. The molecular weight excluding hydrogens is 427 g/mol. The second-order valence-electron chi connectivity index (χ2n) is 10.9. The van der Waals surface area contributed by atoms with Crippen LogP contribution in [0.4, 0.5) is 13.2 Å². The van der Waals surface area contributed by atoms with E-state index in [1.807, 2.05) is 0 Å². The fraction of sp³-hybridized carbons (Fsp3) is 0.593. The standard InChI is InChI=1S/C27H36F3NO2/c1-17(2)9-14-22(18-10-12-21(13-11-18)27(28,29)30)31-23(26(3,4)5)15-19-7-6-8-20(25(19)31)16-24(32)33/h10-13,15,17,20,22H,6-9,14,16H2,1-5H3,(H,32,33)/t20-,22-/m0/s1. The van der Waals surface area contributed by atoms with E-state index in [0.717, 1.165) is 49.1 Å². The SMILES string of the molecule is CC(C)CC[C@@H](c1ccc(C(F)(F)F)cc1)n1c(C(C)(C)C)cc2c1[C@H](CC(=O)O)CCC2. The summed E-state index contributed by atoms with van der Waals surface area (Å²) in [6, 6.07) is 7.61. The molecule has 182 valence electrons. The molecule has 0 bridgehead atoms. The van der Waals surface area contributed by atoms with Gasteiger partial charge in [-0.15, -0.1) is 0 Å². The molecule has 33 heavy (non-hydrogen) atoms. The van der Waals surface area contributed by atoms with Crippen molar-refractivity contribution in [1.29, 1.82) is 0 Å². The van der Waals surface area contributed by atoms with Gasteiger partial charge in [0.2, 0.25) is 0 Å². The van der Waals surface area contributed by atoms with Crippen molar-refractivity contribution in [3.63, 3.8) is 0 Å². The van der Waals surface area contributed by atoms with Crippen LogP contribution in [0.15, 0.2) is 30.3 Å². The predicted octanol–water partition coefficient (Wildman–Crippen LogP) is 7.72. The first-order chi connectivity index (χ1) is 15.3. The number of carbonyl (C=O) groups is 1. The van der Waals surface area contributed by atoms with E-state index < -0.39 is 17.7 Å². The fourth-order valence-electron chi connectivity index (χ4n) is 5.08. The van der Waals surface area contributed by atoms with Gasteiger partial charge in [0, 0.05) is 22.7 Å². The summed E-state index contributed by atoms with van der Waals surface area (Å²) in [4.78, 5) is 11.7. The van der Waals surface area contributed by atoms with Crippen molar-refractivity contribution >= 4 is 5.97 Å². The molecule has 1 N–H and O–H groups in total. The number of nitrogens with zero attached hydrogens (tertiary/aromatic N) is 1. The molecule has 0 spiro atoms. The maximum absolute atomic E-state index is 13.2. The summed E-state index contributed by atoms with van der Waals surface area (Å²) in [6.07, 6.45) is 0.0861. The van der Waals surface area contributed by atoms with Gasteiger partial charge in [0.25, 0.3) is 0 Å². The summed E-state index contributed by atoms with van der Waals surface area (Å²) < 4.78 is 41.9. The Morgan fingerprint density at radius 1 is 1.12 bits per heavy atom. The van der Waals surface area contributed by atoms with E-state index in [1.165, 1.54) is 17.7 Å². The van der Waals surface area contributed by atoms with Gasteiger partial charge < -0.3 is 9.67 Å². The molecule has 2 atom stereocenters. The summed E-state index contributed by atoms with van der Waals surface area (Å²) in [5, 5.41) is 9.57. The molecule has 3 rings (SSSR count). The molecule has 0 fully saturated rings. The van der Waals surface area contributed by atoms with Crippen molar-refractivity contribution in [2.75, 3.05) is 0 Å². The number of carboxylic acid groups (broad SMARTS) is 1. The van der Waals surface area contributed by atoms with Crippen molar-refractivity contribution in [2.45, 2.75) is 96.7 Å². The molecule has 0 radical (unpaired) electrons. The van der Waals surface area contributed by atoms with Crippen molar-refractivity contribution in [2.24, 2.45) is 5.92 Å². The lowest BCUT2D eigenvalue weighted by Crippen LogP contribution is -2.26. The zero-order valence-corrected chi connectivity index (χ0v) is 20.3. The Morgan fingerprint density at radius 3 is 2.27 bits per heavy atom. The van der Waals surface area contributed by atoms with Gasteiger partial charge >= 0.3 is 12.1 Å². The van der Waals surface area contributed by atoms with Crippen molar-refractivity contribution in [3.05, 3.63) is 58.4 Å². The maximum Gasteiger partial charge on any atom is 0.416 e. The topological polar surface area (TPSA) is 42.2 Å². The largest absolute Gasteiger partial charge is 0.481 e. The Bertz CT molecular complexity index is 965. The molecule has 1 aliphatic rings. The smallest absolute Gasteiger partial charge is 0.416 e. The average molecular weight is 464 g/mol. The minimum Gasteiger partial charge on any atom is -0.481 e. The molecule has 0 unspecified atom stereocenters. The highest BCUT2D eigenvalue weighted by Crippen LogP contribution is 2.43. The van der Waals surface area contributed by atoms with Crippen LogP contribution in [-0.4, -0.2) is 15.6 Å². The summed E-state index contributed by atoms with van der Waals surface area (Å²) in [5.74, 6) is -0.453. The zero-order valence-electron chi connectivity index (χ0n) is 20.3. The number of rotatable bonds is 7. The number of hydrogen-bond donors (Lipinski definition) is 1. The van der Waals surface area contributed by atoms with Crippen LogP contribution in [0.5, 0.6) is 0 Å². The molecule has 1 aromatic carbocycles. The third kappa shape index (κ3) is 5.82. The highest BCUT2D eigenvalue weighted by atomic mass is 19.4. The van der Waals surface area contributed by atoms with Gasteiger partial charge in [0.1, 0.15) is 0 Å². The molecule has 0 aliphatic heterocycles. The van der Waals surface area contributed by atoms with Crippen LogP contribution in [0.3, 0.4) is 0 Å². The Kier molecular flexibility index (Phi) is 7.35. The second-order valence-corrected chi connectivity index (χ2v) is 10.9. The Balaban J connectivity index is 2.20. The van der Waals surface area contributed by atoms with Crippen LogP contribution in [-0.2, 0) is 22.8 Å². The number of aromatic nitrogens is 1. The third-order valence-corrected chi connectivity index (χ3v) is 6.69. The number of halogens is 3. The highest BCUT2D eigenvalue weighted by molar-refractivity contribution is 5.68. The van der Waals surface area contributed by atoms with Gasteiger partial charge in [-0.05, 0) is 67.3 Å². The van der Waals surface area contributed by atoms with Gasteiger partial charge in [0.15, 0.2) is 0 Å². The first-order valence-electron chi connectivity index (χ1n) is 11.9. The van der Waals surface area contributed by atoms with Crippen LogP contribution in [0, 0.1) is 5.92 Å². The summed E-state index contributed by atoms with van der Waals surface area (Å²) in [5.41, 5.74) is 3.39. The van der Waals surface area contributed by atoms with Gasteiger partial charge in [-0.2, -0.15) is 13.2 Å². The molecule has 1 heterocycles. The quantitative estimate of drug-likeness (QED) is 0.457. The first-order valence-corrected chi connectivity index (χ1v) is 11.9. The summed E-state index contributed by atoms with van der Waals surface area (Å²) in [6.45, 7) is 10.7. The molecule has 3 nitrogen and oxygen atoms in total. The van der Waals surface area contributed by atoms with Crippen LogP contribution in [0.1, 0.15) is 107 Å². The fourth-order valence-corrected chi connectivity index (χ4v) is 5.08. The van der Waals surface area contributed by atoms with E-state index in [9.17, 15) is 23.1 Å². The van der Waals surface area contributed by atoms with E-state index in [0.29, 0.717) is 5.92 Å². The number of aliphatic carboxylic acids is 1. The molecule has 1 aromatic heterocycles. The highest BCUT2D eigenvalue weighted by Gasteiger charge is 2.35. The number of fused-ring (bicyclic) bond motifs is 1. The molecule has 2 aromatic rings. The van der Waals surface area contributed by atoms with E-state index in [2.05, 4.69) is 45.3 Å². The van der Waals surface area contributed by atoms with Gasteiger partial charge in [-0.1, -0.05) is 46.8 Å². The van der Waals surface area contributed by atoms with Crippen LogP contribution < -0.4 is 0 Å². The number of aryl methyl sites for hydroxylation is 1. The number of hydrogen-bond acceptors (Lipinski definition) is 1. The van der Waals surface area contributed by atoms with Gasteiger partial charge in [-0.25, -0.2) is 0 Å². The summed E-state index contributed by atoms with van der Waals surface area (Å²) in [7, 11) is 0. The predicted molar refractivity (Wildman–Crippen MR) is 125 cm³/mol. The van der Waals surface area contributed by atoms with Gasteiger partial charge in [-0.3, -0.25) is 4.79 Å². The maximum atomic E-state index is 13.2. The third-order valence-electron chi connectivity index (χ3n) is 6.69. The lowest BCUT2D eigenvalue weighted by atomic mass is 9.85. The van der Waals surface area contributed by atoms with Crippen molar-refractivity contribution in [1.82, 2.24) is 4.57 Å². The zero-order chi connectivity index (χ0) is 24.6. The Labute approximate surface area is 195 Å². The Hall–Kier alpha value is -2.24. The van der Waals surface area contributed by atoms with Crippen molar-refractivity contribution in [3.8, 4) is 0 Å². The Morgan fingerprint density at radius 2 is 1.76 bits per heavy atom. The average Bonchev–Trinajstić information content (AvgIpc) is 3.08. The number of carboxylic acids is 1. The normalized spacial score (nSPS) is 17.8. The lowest BCUT2D eigenvalue weighted by Gasteiger charge is -2.33. The molecule has 0 amide bonds. The van der Waals surface area contributed by atoms with E-state index in [1.54, 1.807) is 12.1 Å². The molecular formula is C27H36F3NO2. The van der Waals surface area contributed by atoms with Crippen LogP contribution in [0.25, 0.3) is 0 Å². The first kappa shape index (κ1) is 25.4. The monoisotopic (exact) mass is 463 g/mol. The molecule has 0 saturated carbocycles. The minimum atomic E-state index is -4.37. The van der Waals surface area contributed by atoms with E-state index >= 15 is 0 Å². The van der Waals surface area contributed by atoms with E-state index in [4.69, 9.17) is 0 Å². The number of alkyl halides is 3. The lowest BCUT2D eigenvalue weighted by molar-refractivity contribution is -0.138. The number of benzene rings is 1. The minimum absolute atomic E-state index is 0.0739. The van der Waals surface area contributed by atoms with E-state index in [-0.39, 0.29) is 23.8 Å². The van der Waals surface area contributed by atoms with Crippen LogP contribution in [0.2, 0.25) is 0 Å². The molecule has 0 saturated heterocycles. The van der Waals surface area contributed by atoms with Crippen LogP contribution >= 0.6 is 0 Å². The summed E-state index contributed by atoms with van der Waals surface area (Å²) >= 11 is 0. The van der Waals surface area contributed by atoms with Crippen molar-refractivity contribution < 1.29 is 23.1 Å².